The number of carbonyl (C=O) groups excluding carboxylic acids is 1. The van der Waals surface area contributed by atoms with Gasteiger partial charge in [0.05, 0.1) is 26.9 Å². The van der Waals surface area contributed by atoms with Crippen LogP contribution >= 0.6 is 0 Å². The average Bonchev–Trinajstić information content (AvgIpc) is 2.85. The molecule has 0 spiro atoms. The molecule has 1 aromatic carbocycles. The first kappa shape index (κ1) is 16.2. The second-order valence-electron chi connectivity index (χ2n) is 6.34. The third-order valence-corrected chi connectivity index (χ3v) is 3.31. The molecule has 0 N–H and O–H groups in total. The van der Waals surface area contributed by atoms with E-state index in [0.717, 1.165) is 12.2 Å². The fourth-order valence-electron chi connectivity index (χ4n) is 2.43. The Labute approximate surface area is 130 Å². The van der Waals surface area contributed by atoms with E-state index in [1.165, 1.54) is 14.2 Å². The first-order valence-corrected chi connectivity index (χ1v) is 7.06. The number of esters is 1. The number of carbonyl (C=O) groups is 1. The summed E-state index contributed by atoms with van der Waals surface area (Å²) < 4.78 is 21.5. The number of methoxy groups -OCH3 is 3. The van der Waals surface area contributed by atoms with E-state index >= 15 is 0 Å². The molecule has 0 aliphatic rings. The van der Waals surface area contributed by atoms with Gasteiger partial charge in [-0.2, -0.15) is 0 Å². The molecule has 0 atom stereocenters. The highest BCUT2D eigenvalue weighted by Crippen LogP contribution is 2.40. The lowest BCUT2D eigenvalue weighted by atomic mass is 9.91. The van der Waals surface area contributed by atoms with Crippen molar-refractivity contribution in [1.82, 2.24) is 0 Å². The largest absolute Gasteiger partial charge is 0.493 e. The topological polar surface area (TPSA) is 57.9 Å². The summed E-state index contributed by atoms with van der Waals surface area (Å²) >= 11 is 0. The zero-order chi connectivity index (χ0) is 16.5. The second kappa shape index (κ2) is 5.91. The van der Waals surface area contributed by atoms with Gasteiger partial charge in [0.25, 0.3) is 0 Å². The molecular formula is C17H22O5. The van der Waals surface area contributed by atoms with Gasteiger partial charge in [0.1, 0.15) is 5.76 Å². The van der Waals surface area contributed by atoms with Crippen LogP contribution in [0.15, 0.2) is 16.5 Å². The predicted octanol–water partition coefficient (Wildman–Crippen LogP) is 3.83. The molecule has 22 heavy (non-hydrogen) atoms. The van der Waals surface area contributed by atoms with E-state index in [0.29, 0.717) is 28.0 Å². The molecule has 0 unspecified atom stereocenters. The van der Waals surface area contributed by atoms with E-state index in [1.807, 2.05) is 6.07 Å². The minimum Gasteiger partial charge on any atom is -0.493 e. The van der Waals surface area contributed by atoms with Crippen molar-refractivity contribution in [1.29, 1.82) is 0 Å². The van der Waals surface area contributed by atoms with Gasteiger partial charge < -0.3 is 18.6 Å². The molecule has 2 rings (SSSR count). The molecule has 0 bridgehead atoms. The monoisotopic (exact) mass is 306 g/mol. The third kappa shape index (κ3) is 3.03. The lowest BCUT2D eigenvalue weighted by Gasteiger charge is -2.15. The van der Waals surface area contributed by atoms with Crippen LogP contribution in [0, 0.1) is 5.41 Å². The van der Waals surface area contributed by atoms with Crippen LogP contribution in [0.2, 0.25) is 0 Å². The molecular weight excluding hydrogens is 284 g/mol. The van der Waals surface area contributed by atoms with E-state index in [1.54, 1.807) is 13.2 Å². The van der Waals surface area contributed by atoms with Gasteiger partial charge in [-0.25, -0.2) is 4.79 Å². The highest BCUT2D eigenvalue weighted by molar-refractivity contribution is 6.06. The van der Waals surface area contributed by atoms with Crippen molar-refractivity contribution in [2.24, 2.45) is 5.41 Å². The van der Waals surface area contributed by atoms with Crippen molar-refractivity contribution < 1.29 is 23.4 Å². The van der Waals surface area contributed by atoms with E-state index in [2.05, 4.69) is 20.8 Å². The van der Waals surface area contributed by atoms with Gasteiger partial charge in [-0.1, -0.05) is 20.8 Å². The lowest BCUT2D eigenvalue weighted by Crippen LogP contribution is -2.08. The number of ether oxygens (including phenoxy) is 3. The number of hydrogen-bond donors (Lipinski definition) is 0. The number of furan rings is 1. The molecule has 0 saturated heterocycles. The van der Waals surface area contributed by atoms with Crippen molar-refractivity contribution in [3.8, 4) is 11.5 Å². The summed E-state index contributed by atoms with van der Waals surface area (Å²) in [5, 5.41) is 0.670. The number of fused-ring (bicyclic) bond motifs is 1. The summed E-state index contributed by atoms with van der Waals surface area (Å²) in [6, 6.07) is 3.48. The average molecular weight is 306 g/mol. The maximum absolute atomic E-state index is 12.0. The maximum Gasteiger partial charge on any atom is 0.338 e. The zero-order valence-electron chi connectivity index (χ0n) is 13.9. The molecule has 0 aliphatic heterocycles. The van der Waals surface area contributed by atoms with Crippen molar-refractivity contribution in [2.75, 3.05) is 21.3 Å². The molecule has 0 amide bonds. The molecule has 2 aromatic rings. The number of benzene rings is 1. The molecule has 0 aliphatic carbocycles. The van der Waals surface area contributed by atoms with Crippen LogP contribution in [-0.4, -0.2) is 27.3 Å². The van der Waals surface area contributed by atoms with Crippen molar-refractivity contribution in [3.63, 3.8) is 0 Å². The first-order valence-electron chi connectivity index (χ1n) is 7.06. The van der Waals surface area contributed by atoms with Crippen LogP contribution in [0.3, 0.4) is 0 Å². The second-order valence-corrected chi connectivity index (χ2v) is 6.34. The van der Waals surface area contributed by atoms with Crippen LogP contribution in [0.4, 0.5) is 0 Å². The summed E-state index contributed by atoms with van der Waals surface area (Å²) in [5.74, 6) is 1.27. The maximum atomic E-state index is 12.0. The molecule has 1 heterocycles. The highest BCUT2D eigenvalue weighted by atomic mass is 16.5. The SMILES string of the molecule is COC(=O)c1cc(OC)c(OC)c2oc(CC(C)(C)C)cc12. The van der Waals surface area contributed by atoms with Crippen LogP contribution in [0.25, 0.3) is 11.0 Å². The van der Waals surface area contributed by atoms with Crippen molar-refractivity contribution >= 4 is 16.9 Å². The van der Waals surface area contributed by atoms with E-state index in [-0.39, 0.29) is 5.41 Å². The minimum absolute atomic E-state index is 0.0661. The Balaban J connectivity index is 2.71. The summed E-state index contributed by atoms with van der Waals surface area (Å²) in [6.45, 7) is 6.37. The van der Waals surface area contributed by atoms with Gasteiger partial charge in [-0.15, -0.1) is 0 Å². The standard InChI is InChI=1S/C17H22O5/c1-17(2,3)9-10-7-11-12(16(18)21-6)8-13(19-4)15(20-5)14(11)22-10/h7-8H,9H2,1-6H3. The number of rotatable bonds is 4. The summed E-state index contributed by atoms with van der Waals surface area (Å²) in [4.78, 5) is 12.0. The fraction of sp³-hybridized carbons (Fsp3) is 0.471. The molecule has 5 nitrogen and oxygen atoms in total. The molecule has 5 heteroatoms. The Morgan fingerprint density at radius 3 is 2.32 bits per heavy atom. The molecule has 0 saturated carbocycles. The van der Waals surface area contributed by atoms with Crippen LogP contribution < -0.4 is 9.47 Å². The first-order chi connectivity index (χ1) is 10.3. The Kier molecular flexibility index (Phi) is 4.35. The summed E-state index contributed by atoms with van der Waals surface area (Å²) in [7, 11) is 4.41. The Hall–Kier alpha value is -2.17. The Morgan fingerprint density at radius 2 is 1.82 bits per heavy atom. The van der Waals surface area contributed by atoms with E-state index in [4.69, 9.17) is 18.6 Å². The van der Waals surface area contributed by atoms with Gasteiger partial charge in [-0.05, 0) is 17.5 Å². The molecule has 1 aromatic heterocycles. The third-order valence-electron chi connectivity index (χ3n) is 3.31. The van der Waals surface area contributed by atoms with Gasteiger partial charge in [-0.3, -0.25) is 0 Å². The van der Waals surface area contributed by atoms with Crippen LogP contribution in [-0.2, 0) is 11.2 Å². The van der Waals surface area contributed by atoms with Crippen molar-refractivity contribution in [3.05, 3.63) is 23.5 Å². The smallest absolute Gasteiger partial charge is 0.338 e. The highest BCUT2D eigenvalue weighted by Gasteiger charge is 2.24. The Morgan fingerprint density at radius 1 is 1.14 bits per heavy atom. The number of hydrogen-bond acceptors (Lipinski definition) is 5. The molecule has 0 fully saturated rings. The van der Waals surface area contributed by atoms with E-state index < -0.39 is 5.97 Å². The van der Waals surface area contributed by atoms with Gasteiger partial charge in [0.2, 0.25) is 5.75 Å². The minimum atomic E-state index is -0.436. The zero-order valence-corrected chi connectivity index (χ0v) is 13.9. The van der Waals surface area contributed by atoms with Gasteiger partial charge in [0.15, 0.2) is 11.3 Å². The normalized spacial score (nSPS) is 11.5. The Bertz CT molecular complexity index is 691. The molecule has 120 valence electrons. The molecule has 0 radical (unpaired) electrons. The quantitative estimate of drug-likeness (QED) is 0.804. The summed E-state index contributed by atoms with van der Waals surface area (Å²) in [5.41, 5.74) is 0.969. The fourth-order valence-corrected chi connectivity index (χ4v) is 2.43. The summed E-state index contributed by atoms with van der Waals surface area (Å²) in [6.07, 6.45) is 0.744. The van der Waals surface area contributed by atoms with Crippen LogP contribution in [0.1, 0.15) is 36.9 Å². The van der Waals surface area contributed by atoms with Crippen molar-refractivity contribution in [2.45, 2.75) is 27.2 Å². The predicted molar refractivity (Wildman–Crippen MR) is 83.8 cm³/mol. The van der Waals surface area contributed by atoms with Gasteiger partial charge >= 0.3 is 5.97 Å². The van der Waals surface area contributed by atoms with Crippen LogP contribution in [0.5, 0.6) is 11.5 Å². The van der Waals surface area contributed by atoms with Gasteiger partial charge in [0, 0.05) is 11.8 Å². The lowest BCUT2D eigenvalue weighted by molar-refractivity contribution is 0.0602. The van der Waals surface area contributed by atoms with E-state index in [9.17, 15) is 4.79 Å².